The first-order valence-corrected chi connectivity index (χ1v) is 6.38. The van der Waals surface area contributed by atoms with Crippen LogP contribution < -0.4 is 15.2 Å². The zero-order valence-electron chi connectivity index (χ0n) is 12.2. The van der Waals surface area contributed by atoms with Gasteiger partial charge in [-0.05, 0) is 32.0 Å². The van der Waals surface area contributed by atoms with Gasteiger partial charge >= 0.3 is 0 Å². The number of benzene rings is 1. The van der Waals surface area contributed by atoms with E-state index in [1.54, 1.807) is 20.4 Å². The van der Waals surface area contributed by atoms with Gasteiger partial charge in [-0.1, -0.05) is 0 Å². The van der Waals surface area contributed by atoms with Crippen LogP contribution in [0.2, 0.25) is 0 Å². The average Bonchev–Trinajstić information content (AvgIpc) is 2.45. The molecule has 0 unspecified atom stereocenters. The fraction of sp³-hybridized carbons (Fsp3) is 0.333. The Kier molecular flexibility index (Phi) is 4.20. The van der Waals surface area contributed by atoms with Crippen molar-refractivity contribution in [2.45, 2.75) is 19.9 Å². The van der Waals surface area contributed by atoms with E-state index in [-0.39, 0.29) is 6.04 Å². The molecule has 0 spiro atoms. The minimum Gasteiger partial charge on any atom is -0.493 e. The summed E-state index contributed by atoms with van der Waals surface area (Å²) in [6.45, 7) is 3.85. The number of rotatable bonds is 4. The van der Waals surface area contributed by atoms with E-state index in [0.717, 1.165) is 16.8 Å². The molecule has 1 atom stereocenters. The number of aryl methyl sites for hydroxylation is 1. The standard InChI is InChI=1S/C15H19N3O2/c1-9(16)12-8-17-15(18-10(12)2)11-5-6-13(19-3)14(7-11)20-4/h5-9H,16H2,1-4H3/t9-/m1/s1. The summed E-state index contributed by atoms with van der Waals surface area (Å²) in [5.41, 5.74) is 8.59. The van der Waals surface area contributed by atoms with E-state index in [2.05, 4.69) is 9.97 Å². The van der Waals surface area contributed by atoms with Gasteiger partial charge in [-0.3, -0.25) is 0 Å². The minimum atomic E-state index is -0.0746. The molecule has 2 aromatic rings. The Morgan fingerprint density at radius 3 is 2.40 bits per heavy atom. The van der Waals surface area contributed by atoms with Crippen molar-refractivity contribution in [3.63, 3.8) is 0 Å². The maximum absolute atomic E-state index is 5.87. The maximum atomic E-state index is 5.87. The van der Waals surface area contributed by atoms with Crippen LogP contribution in [0.5, 0.6) is 11.5 Å². The predicted molar refractivity (Wildman–Crippen MR) is 77.9 cm³/mol. The number of aromatic nitrogens is 2. The summed E-state index contributed by atoms with van der Waals surface area (Å²) in [4.78, 5) is 8.88. The molecule has 0 aliphatic heterocycles. The Bertz CT molecular complexity index is 612. The van der Waals surface area contributed by atoms with Gasteiger partial charge < -0.3 is 15.2 Å². The van der Waals surface area contributed by atoms with Gasteiger partial charge in [0, 0.05) is 29.1 Å². The lowest BCUT2D eigenvalue weighted by Gasteiger charge is -2.11. The van der Waals surface area contributed by atoms with Crippen molar-refractivity contribution in [1.82, 2.24) is 9.97 Å². The molecule has 0 aliphatic carbocycles. The number of ether oxygens (including phenoxy) is 2. The quantitative estimate of drug-likeness (QED) is 0.926. The molecule has 106 valence electrons. The van der Waals surface area contributed by atoms with Crippen LogP contribution >= 0.6 is 0 Å². The molecule has 0 saturated heterocycles. The van der Waals surface area contributed by atoms with Crippen molar-refractivity contribution < 1.29 is 9.47 Å². The van der Waals surface area contributed by atoms with Crippen LogP contribution in [0.25, 0.3) is 11.4 Å². The lowest BCUT2D eigenvalue weighted by atomic mass is 10.1. The molecule has 1 heterocycles. The molecule has 5 nitrogen and oxygen atoms in total. The first-order chi connectivity index (χ1) is 9.56. The smallest absolute Gasteiger partial charge is 0.161 e. The van der Waals surface area contributed by atoms with Crippen LogP contribution in [0.4, 0.5) is 0 Å². The first-order valence-electron chi connectivity index (χ1n) is 6.38. The third-order valence-corrected chi connectivity index (χ3v) is 3.15. The van der Waals surface area contributed by atoms with E-state index in [4.69, 9.17) is 15.2 Å². The van der Waals surface area contributed by atoms with Gasteiger partial charge in [-0.25, -0.2) is 9.97 Å². The first kappa shape index (κ1) is 14.3. The molecular formula is C15H19N3O2. The number of methoxy groups -OCH3 is 2. The lowest BCUT2D eigenvalue weighted by molar-refractivity contribution is 0.355. The third-order valence-electron chi connectivity index (χ3n) is 3.15. The van der Waals surface area contributed by atoms with Crippen LogP contribution in [0.1, 0.15) is 24.2 Å². The van der Waals surface area contributed by atoms with Gasteiger partial charge in [0.1, 0.15) is 0 Å². The van der Waals surface area contributed by atoms with E-state index in [1.807, 2.05) is 32.0 Å². The fourth-order valence-electron chi connectivity index (χ4n) is 2.04. The topological polar surface area (TPSA) is 70.3 Å². The molecule has 0 radical (unpaired) electrons. The van der Waals surface area contributed by atoms with Crippen molar-refractivity contribution in [1.29, 1.82) is 0 Å². The third kappa shape index (κ3) is 2.72. The summed E-state index contributed by atoms with van der Waals surface area (Å²) in [6.07, 6.45) is 1.78. The van der Waals surface area contributed by atoms with E-state index in [0.29, 0.717) is 17.3 Å². The fourth-order valence-corrected chi connectivity index (χ4v) is 2.04. The molecule has 0 amide bonds. The summed E-state index contributed by atoms with van der Waals surface area (Å²) < 4.78 is 10.5. The summed E-state index contributed by atoms with van der Waals surface area (Å²) in [5, 5.41) is 0. The van der Waals surface area contributed by atoms with E-state index in [1.165, 1.54) is 0 Å². The van der Waals surface area contributed by atoms with Gasteiger partial charge in [0.05, 0.1) is 14.2 Å². The van der Waals surface area contributed by atoms with E-state index < -0.39 is 0 Å². The van der Waals surface area contributed by atoms with E-state index >= 15 is 0 Å². The molecule has 0 bridgehead atoms. The normalized spacial score (nSPS) is 12.1. The monoisotopic (exact) mass is 273 g/mol. The van der Waals surface area contributed by atoms with Crippen molar-refractivity contribution in [3.05, 3.63) is 35.7 Å². The second-order valence-corrected chi connectivity index (χ2v) is 4.59. The van der Waals surface area contributed by atoms with Crippen LogP contribution in [-0.4, -0.2) is 24.2 Å². The average molecular weight is 273 g/mol. The molecular weight excluding hydrogens is 254 g/mol. The largest absolute Gasteiger partial charge is 0.493 e. The highest BCUT2D eigenvalue weighted by Gasteiger charge is 2.11. The molecule has 1 aromatic carbocycles. The highest BCUT2D eigenvalue weighted by Crippen LogP contribution is 2.31. The molecule has 0 fully saturated rings. The Hall–Kier alpha value is -2.14. The molecule has 2 rings (SSSR count). The van der Waals surface area contributed by atoms with Crippen molar-refractivity contribution in [2.24, 2.45) is 5.73 Å². The van der Waals surface area contributed by atoms with Gasteiger partial charge in [0.25, 0.3) is 0 Å². The van der Waals surface area contributed by atoms with Crippen molar-refractivity contribution >= 4 is 0 Å². The predicted octanol–water partition coefficient (Wildman–Crippen LogP) is 2.49. The molecule has 1 aromatic heterocycles. The van der Waals surface area contributed by atoms with Crippen LogP contribution in [-0.2, 0) is 0 Å². The Labute approximate surface area is 118 Å². The van der Waals surface area contributed by atoms with Gasteiger partial charge in [-0.2, -0.15) is 0 Å². The lowest BCUT2D eigenvalue weighted by Crippen LogP contribution is -2.09. The van der Waals surface area contributed by atoms with Crippen LogP contribution in [0.15, 0.2) is 24.4 Å². The summed E-state index contributed by atoms with van der Waals surface area (Å²) in [6, 6.07) is 5.53. The molecule has 20 heavy (non-hydrogen) atoms. The van der Waals surface area contributed by atoms with Gasteiger partial charge in [-0.15, -0.1) is 0 Å². The molecule has 2 N–H and O–H groups in total. The summed E-state index contributed by atoms with van der Waals surface area (Å²) in [7, 11) is 3.21. The SMILES string of the molecule is COc1ccc(-c2ncc([C@@H](C)N)c(C)n2)cc1OC. The zero-order valence-corrected chi connectivity index (χ0v) is 12.2. The number of nitrogens with two attached hydrogens (primary N) is 1. The van der Waals surface area contributed by atoms with Crippen LogP contribution in [0, 0.1) is 6.92 Å². The minimum absolute atomic E-state index is 0.0746. The Morgan fingerprint density at radius 1 is 1.15 bits per heavy atom. The molecule has 0 saturated carbocycles. The van der Waals surface area contributed by atoms with Crippen LogP contribution in [0.3, 0.4) is 0 Å². The maximum Gasteiger partial charge on any atom is 0.161 e. The van der Waals surface area contributed by atoms with Crippen molar-refractivity contribution in [3.8, 4) is 22.9 Å². The summed E-state index contributed by atoms with van der Waals surface area (Å²) >= 11 is 0. The second-order valence-electron chi connectivity index (χ2n) is 4.59. The number of nitrogens with zero attached hydrogens (tertiary/aromatic N) is 2. The summed E-state index contributed by atoms with van der Waals surface area (Å²) in [5.74, 6) is 1.98. The van der Waals surface area contributed by atoms with Gasteiger partial charge in [0.2, 0.25) is 0 Å². The second kappa shape index (κ2) is 5.88. The van der Waals surface area contributed by atoms with E-state index in [9.17, 15) is 0 Å². The zero-order chi connectivity index (χ0) is 14.7. The molecule has 5 heteroatoms. The Balaban J connectivity index is 2.44. The number of hydrogen-bond donors (Lipinski definition) is 1. The van der Waals surface area contributed by atoms with Gasteiger partial charge in [0.15, 0.2) is 17.3 Å². The molecule has 0 aliphatic rings. The Morgan fingerprint density at radius 2 is 1.85 bits per heavy atom. The van der Waals surface area contributed by atoms with Crippen molar-refractivity contribution in [2.75, 3.05) is 14.2 Å². The highest BCUT2D eigenvalue weighted by molar-refractivity contribution is 5.61. The highest BCUT2D eigenvalue weighted by atomic mass is 16.5. The number of hydrogen-bond acceptors (Lipinski definition) is 5.